The van der Waals surface area contributed by atoms with E-state index in [2.05, 4.69) is 10.4 Å². The molecule has 2 heterocycles. The largest absolute Gasteiger partial charge is 0.483 e. The Morgan fingerprint density at radius 2 is 2.09 bits per heavy atom. The van der Waals surface area contributed by atoms with Crippen LogP contribution in [0.25, 0.3) is 0 Å². The van der Waals surface area contributed by atoms with Crippen molar-refractivity contribution in [2.45, 2.75) is 19.4 Å². The predicted molar refractivity (Wildman–Crippen MR) is 88.1 cm³/mol. The van der Waals surface area contributed by atoms with Gasteiger partial charge < -0.3 is 15.0 Å². The summed E-state index contributed by atoms with van der Waals surface area (Å²) in [5.74, 6) is 1.37. The number of halogens is 1. The lowest BCUT2D eigenvalue weighted by molar-refractivity contribution is -0.123. The van der Waals surface area contributed by atoms with Crippen molar-refractivity contribution in [3.63, 3.8) is 0 Å². The molecule has 0 saturated carbocycles. The smallest absolute Gasteiger partial charge is 0.290 e. The Morgan fingerprint density at radius 3 is 2.70 bits per heavy atom. The molecule has 23 heavy (non-hydrogen) atoms. The predicted octanol–water partition coefficient (Wildman–Crippen LogP) is 1.51. The van der Waals surface area contributed by atoms with E-state index >= 15 is 0 Å². The Bertz CT molecular complexity index is 737. The lowest BCUT2D eigenvalue weighted by Gasteiger charge is -2.30. The SMILES string of the molecule is CN1CC(OC(C)(C)C=O)=CC=C1Nc1cc(Cl)nn(C)c1=O. The summed E-state index contributed by atoms with van der Waals surface area (Å²) in [5, 5.41) is 7.10. The lowest BCUT2D eigenvalue weighted by atomic mass is 10.1. The number of hydrogen-bond acceptors (Lipinski definition) is 6. The Morgan fingerprint density at radius 1 is 1.39 bits per heavy atom. The molecule has 0 atom stereocenters. The van der Waals surface area contributed by atoms with Gasteiger partial charge >= 0.3 is 0 Å². The summed E-state index contributed by atoms with van der Waals surface area (Å²) in [7, 11) is 3.38. The highest BCUT2D eigenvalue weighted by molar-refractivity contribution is 6.29. The van der Waals surface area contributed by atoms with Crippen molar-refractivity contribution in [2.75, 3.05) is 18.9 Å². The second kappa shape index (κ2) is 6.45. The van der Waals surface area contributed by atoms with Crippen LogP contribution in [0.2, 0.25) is 5.15 Å². The number of aryl methyl sites for hydroxylation is 1. The Balaban J connectivity index is 2.22. The molecule has 1 N–H and O–H groups in total. The van der Waals surface area contributed by atoms with Gasteiger partial charge in [0, 0.05) is 20.2 Å². The summed E-state index contributed by atoms with van der Waals surface area (Å²) in [5.41, 5.74) is -0.826. The molecule has 0 aliphatic carbocycles. The minimum absolute atomic E-state index is 0.223. The molecule has 124 valence electrons. The maximum atomic E-state index is 12.0. The van der Waals surface area contributed by atoms with Crippen LogP contribution >= 0.6 is 11.6 Å². The number of likely N-dealkylation sites (N-methyl/N-ethyl adjacent to an activating group) is 1. The standard InChI is InChI=1S/C15H19ClN4O3/c1-15(2,9-21)23-10-5-6-13(19(3)8-10)17-11-7-12(16)18-20(4)14(11)22/h5-7,9,17H,8H2,1-4H3. The van der Waals surface area contributed by atoms with Crippen molar-refractivity contribution in [1.29, 1.82) is 0 Å². The average molecular weight is 339 g/mol. The van der Waals surface area contributed by atoms with Crippen LogP contribution in [0.3, 0.4) is 0 Å². The van der Waals surface area contributed by atoms with Crippen LogP contribution in [0, 0.1) is 0 Å². The molecule has 1 aliphatic heterocycles. The van der Waals surface area contributed by atoms with E-state index in [-0.39, 0.29) is 10.7 Å². The average Bonchev–Trinajstić information content (AvgIpc) is 2.46. The van der Waals surface area contributed by atoms with E-state index in [9.17, 15) is 9.59 Å². The quantitative estimate of drug-likeness (QED) is 0.820. The molecule has 0 fully saturated rings. The van der Waals surface area contributed by atoms with Gasteiger partial charge in [-0.3, -0.25) is 9.59 Å². The first-order valence-electron chi connectivity index (χ1n) is 7.00. The second-order valence-corrected chi connectivity index (χ2v) is 6.19. The molecule has 8 heteroatoms. The van der Waals surface area contributed by atoms with Crippen molar-refractivity contribution in [3.05, 3.63) is 45.3 Å². The monoisotopic (exact) mass is 338 g/mol. The number of allylic oxidation sites excluding steroid dienone is 2. The van der Waals surface area contributed by atoms with Gasteiger partial charge in [-0.1, -0.05) is 11.6 Å². The summed E-state index contributed by atoms with van der Waals surface area (Å²) < 4.78 is 6.81. The Labute approximate surface area is 139 Å². The summed E-state index contributed by atoms with van der Waals surface area (Å²) in [6.07, 6.45) is 4.29. The zero-order valence-corrected chi connectivity index (χ0v) is 14.2. The van der Waals surface area contributed by atoms with Gasteiger partial charge in [0.15, 0.2) is 17.0 Å². The molecule has 0 aromatic carbocycles. The van der Waals surface area contributed by atoms with Gasteiger partial charge in [-0.25, -0.2) is 4.68 Å². The first kappa shape index (κ1) is 17.1. The lowest BCUT2D eigenvalue weighted by Crippen LogP contribution is -2.34. The third-order valence-electron chi connectivity index (χ3n) is 3.21. The zero-order valence-electron chi connectivity index (χ0n) is 13.5. The number of rotatable bonds is 5. The number of carbonyl (C=O) groups is 1. The van der Waals surface area contributed by atoms with E-state index < -0.39 is 5.60 Å². The molecule has 0 unspecified atom stereocenters. The summed E-state index contributed by atoms with van der Waals surface area (Å²) in [6, 6.07) is 1.48. The molecule has 0 spiro atoms. The molecule has 1 aromatic heterocycles. The van der Waals surface area contributed by atoms with Gasteiger partial charge in [-0.2, -0.15) is 5.10 Å². The van der Waals surface area contributed by atoms with Crippen molar-refractivity contribution in [2.24, 2.45) is 7.05 Å². The number of aldehydes is 1. The Kier molecular flexibility index (Phi) is 4.79. The minimum atomic E-state index is -0.875. The van der Waals surface area contributed by atoms with Gasteiger partial charge in [0.2, 0.25) is 0 Å². The van der Waals surface area contributed by atoms with E-state index in [1.807, 2.05) is 11.9 Å². The van der Waals surface area contributed by atoms with Crippen molar-refractivity contribution >= 4 is 23.6 Å². The maximum absolute atomic E-state index is 12.0. The molecule has 0 bridgehead atoms. The summed E-state index contributed by atoms with van der Waals surface area (Å²) in [4.78, 5) is 24.9. The number of nitrogens with one attached hydrogen (secondary N) is 1. The highest BCUT2D eigenvalue weighted by Crippen LogP contribution is 2.20. The highest BCUT2D eigenvalue weighted by atomic mass is 35.5. The number of nitrogens with zero attached hydrogens (tertiary/aromatic N) is 3. The molecule has 1 aliphatic rings. The first-order chi connectivity index (χ1) is 10.7. The maximum Gasteiger partial charge on any atom is 0.290 e. The summed E-state index contributed by atoms with van der Waals surface area (Å²) in [6.45, 7) is 3.86. The molecular formula is C15H19ClN4O3. The summed E-state index contributed by atoms with van der Waals surface area (Å²) >= 11 is 5.88. The van der Waals surface area contributed by atoms with Crippen molar-refractivity contribution in [3.8, 4) is 0 Å². The number of ether oxygens (including phenoxy) is 1. The molecule has 0 amide bonds. The fraction of sp³-hybridized carbons (Fsp3) is 0.400. The van der Waals surface area contributed by atoms with Crippen LogP contribution in [0.1, 0.15) is 13.8 Å². The van der Waals surface area contributed by atoms with Gasteiger partial charge in [-0.05, 0) is 26.0 Å². The second-order valence-electron chi connectivity index (χ2n) is 5.80. The van der Waals surface area contributed by atoms with E-state index in [0.717, 1.165) is 6.29 Å². The fourth-order valence-electron chi connectivity index (χ4n) is 2.04. The fourth-order valence-corrected chi connectivity index (χ4v) is 2.26. The van der Waals surface area contributed by atoms with E-state index in [1.165, 1.54) is 17.8 Å². The zero-order chi connectivity index (χ0) is 17.2. The van der Waals surface area contributed by atoms with Crippen molar-refractivity contribution in [1.82, 2.24) is 14.7 Å². The van der Waals surface area contributed by atoms with Gasteiger partial charge in [0.1, 0.15) is 17.3 Å². The van der Waals surface area contributed by atoms with Crippen LogP contribution in [-0.4, -0.2) is 40.2 Å². The van der Waals surface area contributed by atoms with Gasteiger partial charge in [0.25, 0.3) is 5.56 Å². The molecule has 1 aromatic rings. The normalized spacial score (nSPS) is 14.9. The van der Waals surface area contributed by atoms with Crippen LogP contribution in [0.4, 0.5) is 5.69 Å². The highest BCUT2D eigenvalue weighted by Gasteiger charge is 2.22. The van der Waals surface area contributed by atoms with Crippen LogP contribution in [0.5, 0.6) is 0 Å². The van der Waals surface area contributed by atoms with Crippen molar-refractivity contribution < 1.29 is 9.53 Å². The van der Waals surface area contributed by atoms with Crippen LogP contribution in [0.15, 0.2) is 34.6 Å². The third kappa shape index (κ3) is 4.13. The minimum Gasteiger partial charge on any atom is -0.483 e. The van der Waals surface area contributed by atoms with E-state index in [1.54, 1.807) is 26.0 Å². The third-order valence-corrected chi connectivity index (χ3v) is 3.39. The van der Waals surface area contributed by atoms with E-state index in [4.69, 9.17) is 16.3 Å². The number of hydrogen-bond donors (Lipinski definition) is 1. The number of carbonyl (C=O) groups excluding carboxylic acids is 1. The first-order valence-corrected chi connectivity index (χ1v) is 7.38. The van der Waals surface area contributed by atoms with Gasteiger partial charge in [-0.15, -0.1) is 0 Å². The van der Waals surface area contributed by atoms with Crippen LogP contribution in [-0.2, 0) is 16.6 Å². The molecular weight excluding hydrogens is 320 g/mol. The molecule has 0 radical (unpaired) electrons. The van der Waals surface area contributed by atoms with E-state index in [0.29, 0.717) is 23.8 Å². The molecule has 2 rings (SSSR count). The number of aromatic nitrogens is 2. The topological polar surface area (TPSA) is 76.5 Å². The van der Waals surface area contributed by atoms with Crippen LogP contribution < -0.4 is 10.9 Å². The Hall–Kier alpha value is -2.28. The molecule has 7 nitrogen and oxygen atoms in total. The molecule has 0 saturated heterocycles. The van der Waals surface area contributed by atoms with Gasteiger partial charge in [0.05, 0.1) is 6.54 Å². The number of anilines is 1.